The highest BCUT2D eigenvalue weighted by Gasteiger charge is 2.23. The average Bonchev–Trinajstić information content (AvgIpc) is 3.00. The summed E-state index contributed by atoms with van der Waals surface area (Å²) in [5.74, 6) is -0.702. The molecule has 0 fully saturated rings. The van der Waals surface area contributed by atoms with E-state index in [2.05, 4.69) is 4.98 Å². The lowest BCUT2D eigenvalue weighted by molar-refractivity contribution is -0.856. The maximum atomic E-state index is 13.5. The minimum Gasteiger partial charge on any atom is -0.338 e. The van der Waals surface area contributed by atoms with Gasteiger partial charge >= 0.3 is 0 Å². The van der Waals surface area contributed by atoms with Crippen LogP contribution in [0, 0.1) is 5.82 Å². The number of para-hydroxylation sites is 1. The molecule has 130 valence electrons. The molecule has 4 nitrogen and oxygen atoms in total. The molecule has 0 aliphatic rings. The zero-order chi connectivity index (χ0) is 18.0. The second-order valence-electron chi connectivity index (χ2n) is 6.01. The Bertz CT molecular complexity index is 912. The fourth-order valence-corrected chi connectivity index (χ4v) is 3.71. The molecule has 1 amide bonds. The van der Waals surface area contributed by atoms with Crippen molar-refractivity contribution in [2.75, 3.05) is 32.1 Å². The maximum absolute atomic E-state index is 13.5. The molecular formula is C18H18ClFN3OS+. The van der Waals surface area contributed by atoms with Gasteiger partial charge in [0.25, 0.3) is 5.91 Å². The number of thiazole rings is 1. The van der Waals surface area contributed by atoms with Gasteiger partial charge in [-0.05, 0) is 30.3 Å². The highest BCUT2D eigenvalue weighted by atomic mass is 35.5. The molecule has 0 spiro atoms. The zero-order valence-electron chi connectivity index (χ0n) is 13.9. The van der Waals surface area contributed by atoms with Crippen LogP contribution in [-0.4, -0.2) is 38.1 Å². The summed E-state index contributed by atoms with van der Waals surface area (Å²) in [6.07, 6.45) is 0. The van der Waals surface area contributed by atoms with Crippen LogP contribution in [0.1, 0.15) is 10.4 Å². The quantitative estimate of drug-likeness (QED) is 0.741. The predicted molar refractivity (Wildman–Crippen MR) is 100 cm³/mol. The topological polar surface area (TPSA) is 37.6 Å². The van der Waals surface area contributed by atoms with E-state index in [0.717, 1.165) is 11.2 Å². The molecule has 25 heavy (non-hydrogen) atoms. The van der Waals surface area contributed by atoms with Crippen LogP contribution >= 0.6 is 22.9 Å². The van der Waals surface area contributed by atoms with Gasteiger partial charge in [0, 0.05) is 5.56 Å². The normalized spacial score (nSPS) is 11.2. The number of nitrogens with one attached hydrogen (secondary N) is 1. The van der Waals surface area contributed by atoms with E-state index in [1.165, 1.54) is 34.4 Å². The molecule has 0 saturated heterocycles. The Kier molecular flexibility index (Phi) is 5.32. The highest BCUT2D eigenvalue weighted by Crippen LogP contribution is 2.33. The number of hydrogen-bond donors (Lipinski definition) is 1. The number of amides is 1. The summed E-state index contributed by atoms with van der Waals surface area (Å²) in [5, 5.41) is 1.12. The van der Waals surface area contributed by atoms with E-state index in [4.69, 9.17) is 11.6 Å². The molecule has 2 aromatic carbocycles. The number of halogens is 2. The summed E-state index contributed by atoms with van der Waals surface area (Å²) < 4.78 is 14.4. The van der Waals surface area contributed by atoms with Gasteiger partial charge in [-0.15, -0.1) is 0 Å². The third-order valence-corrected chi connectivity index (χ3v) is 5.09. The van der Waals surface area contributed by atoms with Crippen LogP contribution in [0.5, 0.6) is 0 Å². The van der Waals surface area contributed by atoms with Crippen molar-refractivity contribution >= 4 is 44.2 Å². The number of rotatable bonds is 5. The standard InChI is InChI=1S/C18H17ClFN3OS/c1-22(2)9-10-23(17(24)12-5-3-6-13(20)11-12)18-21-16-14(19)7-4-8-15(16)25-18/h3-8,11H,9-10H2,1-2H3/p+1. The number of hydrogen-bond acceptors (Lipinski definition) is 3. The van der Waals surface area contributed by atoms with Crippen molar-refractivity contribution in [1.29, 1.82) is 0 Å². The predicted octanol–water partition coefficient (Wildman–Crippen LogP) is 2.88. The molecule has 0 unspecified atom stereocenters. The molecule has 1 aromatic heterocycles. The summed E-state index contributed by atoms with van der Waals surface area (Å²) in [7, 11) is 4.03. The highest BCUT2D eigenvalue weighted by molar-refractivity contribution is 7.22. The van der Waals surface area contributed by atoms with Crippen LogP contribution in [0.2, 0.25) is 5.02 Å². The van der Waals surface area contributed by atoms with E-state index in [-0.39, 0.29) is 5.91 Å². The fraction of sp³-hybridized carbons (Fsp3) is 0.222. The summed E-state index contributed by atoms with van der Waals surface area (Å²) in [6.45, 7) is 1.22. The van der Waals surface area contributed by atoms with Crippen LogP contribution in [0.15, 0.2) is 42.5 Å². The van der Waals surface area contributed by atoms with E-state index in [1.54, 1.807) is 17.0 Å². The van der Waals surface area contributed by atoms with Crippen molar-refractivity contribution in [3.8, 4) is 0 Å². The van der Waals surface area contributed by atoms with Crippen LogP contribution < -0.4 is 9.80 Å². The van der Waals surface area contributed by atoms with Crippen LogP contribution in [0.3, 0.4) is 0 Å². The summed E-state index contributed by atoms with van der Waals surface area (Å²) in [6, 6.07) is 11.3. The molecule has 0 atom stereocenters. The molecule has 0 bridgehead atoms. The first-order valence-electron chi connectivity index (χ1n) is 7.87. The summed E-state index contributed by atoms with van der Waals surface area (Å²) in [5.41, 5.74) is 0.984. The molecule has 0 aliphatic heterocycles. The van der Waals surface area contributed by atoms with Crippen LogP contribution in [0.25, 0.3) is 10.2 Å². The van der Waals surface area contributed by atoms with Crippen molar-refractivity contribution in [2.24, 2.45) is 0 Å². The number of carbonyl (C=O) groups is 1. The first kappa shape index (κ1) is 17.8. The second kappa shape index (κ2) is 7.47. The van der Waals surface area contributed by atoms with E-state index >= 15 is 0 Å². The van der Waals surface area contributed by atoms with Gasteiger partial charge < -0.3 is 4.90 Å². The monoisotopic (exact) mass is 378 g/mol. The van der Waals surface area contributed by atoms with Gasteiger partial charge in [0.05, 0.1) is 36.9 Å². The van der Waals surface area contributed by atoms with Gasteiger partial charge in [0.2, 0.25) is 0 Å². The molecule has 0 radical (unpaired) electrons. The number of likely N-dealkylation sites (N-methyl/N-ethyl adjacent to an activating group) is 1. The minimum atomic E-state index is -0.434. The van der Waals surface area contributed by atoms with Crippen molar-refractivity contribution in [2.45, 2.75) is 0 Å². The van der Waals surface area contributed by atoms with Crippen molar-refractivity contribution in [3.63, 3.8) is 0 Å². The number of fused-ring (bicyclic) bond motifs is 1. The Labute approximate surface area is 154 Å². The SMILES string of the molecule is C[NH+](C)CCN(C(=O)c1cccc(F)c1)c1nc2c(Cl)cccc2s1. The number of quaternary nitrogens is 1. The molecule has 3 rings (SSSR count). The third-order valence-electron chi connectivity index (χ3n) is 3.74. The maximum Gasteiger partial charge on any atom is 0.260 e. The Hall–Kier alpha value is -2.02. The Morgan fingerprint density at radius 2 is 2.04 bits per heavy atom. The Morgan fingerprint density at radius 3 is 2.72 bits per heavy atom. The number of carbonyl (C=O) groups excluding carboxylic acids is 1. The number of nitrogens with zero attached hydrogens (tertiary/aromatic N) is 2. The molecule has 7 heteroatoms. The largest absolute Gasteiger partial charge is 0.338 e. The Balaban J connectivity index is 2.01. The van der Waals surface area contributed by atoms with Gasteiger partial charge in [0.1, 0.15) is 11.3 Å². The molecule has 3 aromatic rings. The lowest BCUT2D eigenvalue weighted by Crippen LogP contribution is -3.06. The lowest BCUT2D eigenvalue weighted by Gasteiger charge is -2.20. The number of anilines is 1. The summed E-state index contributed by atoms with van der Waals surface area (Å²) >= 11 is 7.61. The summed E-state index contributed by atoms with van der Waals surface area (Å²) in [4.78, 5) is 20.3. The number of aromatic nitrogens is 1. The lowest BCUT2D eigenvalue weighted by atomic mass is 10.2. The number of benzene rings is 2. The second-order valence-corrected chi connectivity index (χ2v) is 7.42. The van der Waals surface area contributed by atoms with Crippen LogP contribution in [0.4, 0.5) is 9.52 Å². The zero-order valence-corrected chi connectivity index (χ0v) is 15.5. The third kappa shape index (κ3) is 3.98. The van der Waals surface area contributed by atoms with E-state index < -0.39 is 5.82 Å². The van der Waals surface area contributed by atoms with Gasteiger partial charge in [-0.1, -0.05) is 35.1 Å². The minimum absolute atomic E-state index is 0.268. The van der Waals surface area contributed by atoms with Crippen molar-refractivity contribution < 1.29 is 14.1 Å². The van der Waals surface area contributed by atoms with E-state index in [0.29, 0.717) is 27.8 Å². The molecular weight excluding hydrogens is 361 g/mol. The van der Waals surface area contributed by atoms with Crippen molar-refractivity contribution in [3.05, 3.63) is 58.9 Å². The van der Waals surface area contributed by atoms with Gasteiger partial charge in [-0.3, -0.25) is 9.69 Å². The molecule has 0 aliphatic carbocycles. The van der Waals surface area contributed by atoms with Gasteiger partial charge in [-0.25, -0.2) is 9.37 Å². The van der Waals surface area contributed by atoms with Gasteiger partial charge in [0.15, 0.2) is 5.13 Å². The molecule has 1 N–H and O–H groups in total. The molecule has 1 heterocycles. The first-order valence-corrected chi connectivity index (χ1v) is 9.06. The smallest absolute Gasteiger partial charge is 0.260 e. The van der Waals surface area contributed by atoms with E-state index in [1.807, 2.05) is 26.2 Å². The van der Waals surface area contributed by atoms with E-state index in [9.17, 15) is 9.18 Å². The first-order chi connectivity index (χ1) is 12.0. The molecule has 0 saturated carbocycles. The van der Waals surface area contributed by atoms with Crippen molar-refractivity contribution in [1.82, 2.24) is 4.98 Å². The van der Waals surface area contributed by atoms with Crippen LogP contribution in [-0.2, 0) is 0 Å². The average molecular weight is 379 g/mol. The van der Waals surface area contributed by atoms with Gasteiger partial charge in [-0.2, -0.15) is 0 Å². The Morgan fingerprint density at radius 1 is 1.28 bits per heavy atom. The fourth-order valence-electron chi connectivity index (χ4n) is 2.42.